The number of nitrogens with two attached hydrogens (primary N) is 1. The third-order valence-electron chi connectivity index (χ3n) is 3.59. The number of carbonyl (C=O) groups is 2. The molecule has 1 atom stereocenters. The lowest BCUT2D eigenvalue weighted by atomic mass is 9.91. The highest BCUT2D eigenvalue weighted by Crippen LogP contribution is 2.25. The van der Waals surface area contributed by atoms with E-state index in [-0.39, 0.29) is 11.6 Å². The maximum atomic E-state index is 12.5. The van der Waals surface area contributed by atoms with Crippen molar-refractivity contribution in [1.82, 2.24) is 10.3 Å². The van der Waals surface area contributed by atoms with E-state index in [0.29, 0.717) is 16.3 Å². The van der Waals surface area contributed by atoms with E-state index in [0.717, 1.165) is 0 Å². The van der Waals surface area contributed by atoms with Crippen molar-refractivity contribution >= 4 is 23.4 Å². The lowest BCUT2D eigenvalue weighted by molar-refractivity contribution is -0.123. The summed E-state index contributed by atoms with van der Waals surface area (Å²) in [5.74, 6) is -0.823. The number of hydrogen-bond acceptors (Lipinski definition) is 4. The summed E-state index contributed by atoms with van der Waals surface area (Å²) in [7, 11) is 0. The molecule has 6 nitrogen and oxygen atoms in total. The van der Waals surface area contributed by atoms with Gasteiger partial charge in [-0.1, -0.05) is 37.6 Å². The second-order valence-electron chi connectivity index (χ2n) is 5.67. The highest BCUT2D eigenvalue weighted by Gasteiger charge is 2.36. The summed E-state index contributed by atoms with van der Waals surface area (Å²) in [5.41, 5.74) is 4.71. The number of aromatic nitrogens is 1. The van der Waals surface area contributed by atoms with Gasteiger partial charge in [0.15, 0.2) is 12.1 Å². The van der Waals surface area contributed by atoms with Crippen LogP contribution in [-0.2, 0) is 10.3 Å². The molecule has 2 aromatic rings. The number of rotatable bonds is 5. The van der Waals surface area contributed by atoms with Crippen molar-refractivity contribution in [2.75, 3.05) is 0 Å². The van der Waals surface area contributed by atoms with E-state index in [1.165, 1.54) is 13.3 Å². The fourth-order valence-corrected chi connectivity index (χ4v) is 2.39. The van der Waals surface area contributed by atoms with Gasteiger partial charge in [0, 0.05) is 10.9 Å². The van der Waals surface area contributed by atoms with Crippen molar-refractivity contribution in [3.8, 4) is 0 Å². The van der Waals surface area contributed by atoms with Crippen LogP contribution in [0.1, 0.15) is 48.5 Å². The van der Waals surface area contributed by atoms with Crippen molar-refractivity contribution in [2.45, 2.75) is 32.2 Å². The SMILES string of the molecule is CC(C)c1ocnc1C(=O)N[C@](C)(C(N)=O)c1cccc(Cl)c1. The summed E-state index contributed by atoms with van der Waals surface area (Å²) in [6, 6.07) is 6.60. The van der Waals surface area contributed by atoms with Gasteiger partial charge in [-0.05, 0) is 24.6 Å². The van der Waals surface area contributed by atoms with Crippen molar-refractivity contribution < 1.29 is 14.0 Å². The van der Waals surface area contributed by atoms with Crippen LogP contribution in [0.5, 0.6) is 0 Å². The molecule has 0 aliphatic heterocycles. The van der Waals surface area contributed by atoms with E-state index >= 15 is 0 Å². The largest absolute Gasteiger partial charge is 0.447 e. The molecule has 0 fully saturated rings. The minimum absolute atomic E-state index is 0.0238. The molecule has 0 saturated heterocycles. The molecule has 0 aliphatic carbocycles. The van der Waals surface area contributed by atoms with Crippen LogP contribution in [-0.4, -0.2) is 16.8 Å². The molecule has 0 bridgehead atoms. The number of nitrogens with one attached hydrogen (secondary N) is 1. The summed E-state index contributed by atoms with van der Waals surface area (Å²) in [5, 5.41) is 3.08. The van der Waals surface area contributed by atoms with Crippen LogP contribution in [0.2, 0.25) is 5.02 Å². The first-order valence-electron chi connectivity index (χ1n) is 7.07. The molecule has 23 heavy (non-hydrogen) atoms. The highest BCUT2D eigenvalue weighted by atomic mass is 35.5. The summed E-state index contributed by atoms with van der Waals surface area (Å²) < 4.78 is 5.24. The molecule has 0 radical (unpaired) electrons. The Labute approximate surface area is 139 Å². The zero-order chi connectivity index (χ0) is 17.2. The minimum atomic E-state index is -1.42. The zero-order valence-corrected chi connectivity index (χ0v) is 13.8. The molecular weight excluding hydrogens is 318 g/mol. The Kier molecular flexibility index (Phi) is 4.75. The Hall–Kier alpha value is -2.34. The predicted octanol–water partition coefficient (Wildman–Crippen LogP) is 2.58. The van der Waals surface area contributed by atoms with Gasteiger partial charge in [0.25, 0.3) is 5.91 Å². The van der Waals surface area contributed by atoms with Crippen molar-refractivity contribution in [2.24, 2.45) is 5.73 Å². The van der Waals surface area contributed by atoms with E-state index in [2.05, 4.69) is 10.3 Å². The van der Waals surface area contributed by atoms with Gasteiger partial charge in [0.1, 0.15) is 11.3 Å². The van der Waals surface area contributed by atoms with Crippen LogP contribution in [0.4, 0.5) is 0 Å². The number of carbonyl (C=O) groups excluding carboxylic acids is 2. The fourth-order valence-electron chi connectivity index (χ4n) is 2.20. The van der Waals surface area contributed by atoms with E-state index in [9.17, 15) is 9.59 Å². The number of primary amides is 1. The topological polar surface area (TPSA) is 98.2 Å². The molecule has 122 valence electrons. The molecule has 1 heterocycles. The normalized spacial score (nSPS) is 13.6. The van der Waals surface area contributed by atoms with Gasteiger partial charge in [-0.25, -0.2) is 4.98 Å². The summed E-state index contributed by atoms with van der Waals surface area (Å²) >= 11 is 5.97. The second kappa shape index (κ2) is 6.42. The van der Waals surface area contributed by atoms with Crippen LogP contribution in [0.15, 0.2) is 35.1 Å². The van der Waals surface area contributed by atoms with Crippen molar-refractivity contribution in [1.29, 1.82) is 0 Å². The van der Waals surface area contributed by atoms with E-state index < -0.39 is 17.4 Å². The first kappa shape index (κ1) is 17.0. The Balaban J connectivity index is 2.38. The molecule has 3 N–H and O–H groups in total. The summed E-state index contributed by atoms with van der Waals surface area (Å²) in [6.45, 7) is 5.27. The van der Waals surface area contributed by atoms with Gasteiger partial charge in [-0.2, -0.15) is 0 Å². The molecule has 2 rings (SSSR count). The lowest BCUT2D eigenvalue weighted by Gasteiger charge is -2.28. The first-order chi connectivity index (χ1) is 10.8. The van der Waals surface area contributed by atoms with Crippen LogP contribution in [0.3, 0.4) is 0 Å². The zero-order valence-electron chi connectivity index (χ0n) is 13.1. The molecule has 1 aromatic carbocycles. The molecule has 7 heteroatoms. The maximum absolute atomic E-state index is 12.5. The Morgan fingerprint density at radius 3 is 2.65 bits per heavy atom. The van der Waals surface area contributed by atoms with Gasteiger partial charge in [0.2, 0.25) is 5.91 Å². The predicted molar refractivity (Wildman–Crippen MR) is 86.1 cm³/mol. The van der Waals surface area contributed by atoms with Crippen molar-refractivity contribution in [3.05, 3.63) is 52.7 Å². The third-order valence-corrected chi connectivity index (χ3v) is 3.83. The fraction of sp³-hybridized carbons (Fsp3) is 0.312. The minimum Gasteiger partial charge on any atom is -0.447 e. The molecule has 0 saturated carbocycles. The van der Waals surface area contributed by atoms with Gasteiger partial charge >= 0.3 is 0 Å². The standard InChI is InChI=1S/C16H18ClN3O3/c1-9(2)13-12(19-8-23-13)14(21)20-16(3,15(18)22)10-5-4-6-11(17)7-10/h4-9H,1-3H3,(H2,18,22)(H,20,21)/t16-/m0/s1. The van der Waals surface area contributed by atoms with E-state index in [1.807, 2.05) is 13.8 Å². The van der Waals surface area contributed by atoms with Gasteiger partial charge in [0.05, 0.1) is 0 Å². The number of hydrogen-bond donors (Lipinski definition) is 2. The van der Waals surface area contributed by atoms with Crippen LogP contribution < -0.4 is 11.1 Å². The summed E-state index contributed by atoms with van der Waals surface area (Å²) in [4.78, 5) is 28.4. The molecule has 0 aliphatic rings. The molecular formula is C16H18ClN3O3. The number of oxazole rings is 1. The number of nitrogens with zero attached hydrogens (tertiary/aromatic N) is 1. The number of halogens is 1. The first-order valence-corrected chi connectivity index (χ1v) is 7.45. The Morgan fingerprint density at radius 1 is 1.39 bits per heavy atom. The Morgan fingerprint density at radius 2 is 2.09 bits per heavy atom. The van der Waals surface area contributed by atoms with E-state index in [1.54, 1.807) is 24.3 Å². The lowest BCUT2D eigenvalue weighted by Crippen LogP contribution is -2.53. The van der Waals surface area contributed by atoms with Crippen LogP contribution in [0.25, 0.3) is 0 Å². The van der Waals surface area contributed by atoms with E-state index in [4.69, 9.17) is 21.8 Å². The molecule has 0 unspecified atom stereocenters. The van der Waals surface area contributed by atoms with Crippen LogP contribution in [0, 0.1) is 0 Å². The monoisotopic (exact) mass is 335 g/mol. The number of amides is 2. The van der Waals surface area contributed by atoms with Gasteiger partial charge in [-0.3, -0.25) is 9.59 Å². The van der Waals surface area contributed by atoms with Crippen LogP contribution >= 0.6 is 11.6 Å². The molecule has 2 amide bonds. The average molecular weight is 336 g/mol. The number of benzene rings is 1. The molecule has 1 aromatic heterocycles. The van der Waals surface area contributed by atoms with Gasteiger partial charge in [-0.15, -0.1) is 0 Å². The van der Waals surface area contributed by atoms with Gasteiger partial charge < -0.3 is 15.5 Å². The smallest absolute Gasteiger partial charge is 0.274 e. The quantitative estimate of drug-likeness (QED) is 0.877. The molecule has 0 spiro atoms. The average Bonchev–Trinajstić information content (AvgIpc) is 2.96. The maximum Gasteiger partial charge on any atom is 0.274 e. The third kappa shape index (κ3) is 3.37. The summed E-state index contributed by atoms with van der Waals surface area (Å²) in [6.07, 6.45) is 1.20. The highest BCUT2D eigenvalue weighted by molar-refractivity contribution is 6.30. The Bertz CT molecular complexity index is 742. The van der Waals surface area contributed by atoms with Crippen molar-refractivity contribution in [3.63, 3.8) is 0 Å². The second-order valence-corrected chi connectivity index (χ2v) is 6.11.